The van der Waals surface area contributed by atoms with Crippen molar-refractivity contribution >= 4 is 11.9 Å². The summed E-state index contributed by atoms with van der Waals surface area (Å²) in [5.41, 5.74) is 0.844. The number of amides is 1. The zero-order valence-corrected chi connectivity index (χ0v) is 10.1. The molecule has 6 nitrogen and oxygen atoms in total. The SMILES string of the molecule is CCOC(=O)/C=C(\C)NC(=O)c1ccnn1C. The molecule has 0 radical (unpaired) electrons. The maximum atomic E-state index is 11.7. The van der Waals surface area contributed by atoms with E-state index in [1.807, 2.05) is 0 Å². The first-order valence-corrected chi connectivity index (χ1v) is 5.19. The maximum absolute atomic E-state index is 11.7. The van der Waals surface area contributed by atoms with Gasteiger partial charge in [0.25, 0.3) is 5.91 Å². The third-order valence-corrected chi connectivity index (χ3v) is 1.99. The summed E-state index contributed by atoms with van der Waals surface area (Å²) in [7, 11) is 1.67. The highest BCUT2D eigenvalue weighted by Crippen LogP contribution is 1.98. The summed E-state index contributed by atoms with van der Waals surface area (Å²) in [6.45, 7) is 3.64. The fourth-order valence-electron chi connectivity index (χ4n) is 1.24. The van der Waals surface area contributed by atoms with E-state index >= 15 is 0 Å². The second kappa shape index (κ2) is 5.83. The Morgan fingerprint density at radius 1 is 1.59 bits per heavy atom. The minimum absolute atomic E-state index is 0.304. The molecular formula is C11H15N3O3. The highest BCUT2D eigenvalue weighted by molar-refractivity contribution is 5.94. The molecule has 0 bridgehead atoms. The van der Waals surface area contributed by atoms with E-state index in [0.717, 1.165) is 0 Å². The van der Waals surface area contributed by atoms with Crippen molar-refractivity contribution in [3.05, 3.63) is 29.7 Å². The lowest BCUT2D eigenvalue weighted by atomic mass is 10.3. The number of nitrogens with one attached hydrogen (secondary N) is 1. The molecule has 1 N–H and O–H groups in total. The largest absolute Gasteiger partial charge is 0.463 e. The van der Waals surface area contributed by atoms with E-state index in [-0.39, 0.29) is 5.91 Å². The van der Waals surface area contributed by atoms with Gasteiger partial charge in [0.2, 0.25) is 0 Å². The lowest BCUT2D eigenvalue weighted by molar-refractivity contribution is -0.137. The van der Waals surface area contributed by atoms with Crippen LogP contribution in [0.4, 0.5) is 0 Å². The zero-order chi connectivity index (χ0) is 12.8. The van der Waals surface area contributed by atoms with Crippen molar-refractivity contribution in [2.24, 2.45) is 7.05 Å². The van der Waals surface area contributed by atoms with Crippen molar-refractivity contribution in [1.82, 2.24) is 15.1 Å². The Kier molecular flexibility index (Phi) is 4.45. The first kappa shape index (κ1) is 13.0. The lowest BCUT2D eigenvalue weighted by Crippen LogP contribution is -2.24. The third-order valence-electron chi connectivity index (χ3n) is 1.99. The number of aryl methyl sites for hydroxylation is 1. The minimum Gasteiger partial charge on any atom is -0.463 e. The van der Waals surface area contributed by atoms with Crippen LogP contribution in [0.2, 0.25) is 0 Å². The number of aromatic nitrogens is 2. The third kappa shape index (κ3) is 3.75. The molecule has 0 aliphatic carbocycles. The van der Waals surface area contributed by atoms with Crippen LogP contribution in [0.3, 0.4) is 0 Å². The van der Waals surface area contributed by atoms with Crippen LogP contribution in [0, 0.1) is 0 Å². The molecule has 1 aromatic rings. The van der Waals surface area contributed by atoms with Crippen LogP contribution >= 0.6 is 0 Å². The van der Waals surface area contributed by atoms with E-state index in [9.17, 15) is 9.59 Å². The molecule has 17 heavy (non-hydrogen) atoms. The average Bonchev–Trinajstić information content (AvgIpc) is 2.64. The van der Waals surface area contributed by atoms with Gasteiger partial charge in [0.1, 0.15) is 5.69 Å². The van der Waals surface area contributed by atoms with Gasteiger partial charge in [0.05, 0.1) is 6.61 Å². The molecule has 0 aromatic carbocycles. The van der Waals surface area contributed by atoms with Crippen LogP contribution in [-0.2, 0) is 16.6 Å². The van der Waals surface area contributed by atoms with Crippen LogP contribution in [0.5, 0.6) is 0 Å². The van der Waals surface area contributed by atoms with Crippen LogP contribution in [0.25, 0.3) is 0 Å². The van der Waals surface area contributed by atoms with Gasteiger partial charge < -0.3 is 10.1 Å². The van der Waals surface area contributed by atoms with Crippen molar-refractivity contribution < 1.29 is 14.3 Å². The second-order valence-corrected chi connectivity index (χ2v) is 3.37. The molecule has 92 valence electrons. The summed E-state index contributed by atoms with van der Waals surface area (Å²) in [5, 5.41) is 6.45. The smallest absolute Gasteiger partial charge is 0.332 e. The predicted molar refractivity (Wildman–Crippen MR) is 61.1 cm³/mol. The molecule has 1 aromatic heterocycles. The number of hydrogen-bond acceptors (Lipinski definition) is 4. The number of esters is 1. The summed E-state index contributed by atoms with van der Waals surface area (Å²) in [6, 6.07) is 1.59. The molecule has 1 amide bonds. The summed E-state index contributed by atoms with van der Waals surface area (Å²) in [4.78, 5) is 22.8. The van der Waals surface area contributed by atoms with Crippen LogP contribution < -0.4 is 5.32 Å². The second-order valence-electron chi connectivity index (χ2n) is 3.37. The van der Waals surface area contributed by atoms with E-state index in [0.29, 0.717) is 18.0 Å². The zero-order valence-electron chi connectivity index (χ0n) is 10.1. The Morgan fingerprint density at radius 2 is 2.29 bits per heavy atom. The summed E-state index contributed by atoms with van der Waals surface area (Å²) in [5.74, 6) is -0.793. The van der Waals surface area contributed by atoms with Crippen molar-refractivity contribution in [3.63, 3.8) is 0 Å². The molecule has 0 aliphatic heterocycles. The summed E-state index contributed by atoms with van der Waals surface area (Å²) < 4.78 is 6.18. The molecule has 0 unspecified atom stereocenters. The number of ether oxygens (including phenoxy) is 1. The van der Waals surface area contributed by atoms with Gasteiger partial charge in [-0.05, 0) is 19.9 Å². The molecular weight excluding hydrogens is 222 g/mol. The van der Waals surface area contributed by atoms with Gasteiger partial charge in [-0.15, -0.1) is 0 Å². The monoisotopic (exact) mass is 237 g/mol. The Morgan fingerprint density at radius 3 is 2.82 bits per heavy atom. The number of hydrogen-bond donors (Lipinski definition) is 1. The van der Waals surface area contributed by atoms with Gasteiger partial charge >= 0.3 is 5.97 Å². The Bertz CT molecular complexity index is 449. The lowest BCUT2D eigenvalue weighted by Gasteiger charge is -2.05. The Hall–Kier alpha value is -2.11. The molecule has 6 heteroatoms. The Labute approximate surface area is 99.3 Å². The Balaban J connectivity index is 2.63. The molecule has 0 fully saturated rings. The molecule has 0 saturated carbocycles. The number of carbonyl (C=O) groups excluding carboxylic acids is 2. The number of allylic oxidation sites excluding steroid dienone is 1. The minimum atomic E-state index is -0.477. The number of rotatable bonds is 4. The fourth-order valence-corrected chi connectivity index (χ4v) is 1.24. The van der Waals surface area contributed by atoms with Gasteiger partial charge in [0, 0.05) is 25.0 Å². The van der Waals surface area contributed by atoms with Crippen LogP contribution in [0.15, 0.2) is 24.0 Å². The van der Waals surface area contributed by atoms with Gasteiger partial charge in [-0.25, -0.2) is 4.79 Å². The van der Waals surface area contributed by atoms with E-state index in [1.54, 1.807) is 27.0 Å². The normalized spacial score (nSPS) is 11.1. The highest BCUT2D eigenvalue weighted by atomic mass is 16.5. The number of nitrogens with zero attached hydrogens (tertiary/aromatic N) is 2. The quantitative estimate of drug-likeness (QED) is 0.615. The molecule has 0 atom stereocenters. The van der Waals surface area contributed by atoms with Crippen molar-refractivity contribution in [2.45, 2.75) is 13.8 Å². The molecule has 1 heterocycles. The van der Waals surface area contributed by atoms with E-state index in [1.165, 1.54) is 17.0 Å². The molecule has 0 spiro atoms. The van der Waals surface area contributed by atoms with E-state index in [4.69, 9.17) is 4.74 Å². The van der Waals surface area contributed by atoms with E-state index in [2.05, 4.69) is 10.4 Å². The van der Waals surface area contributed by atoms with Crippen molar-refractivity contribution in [2.75, 3.05) is 6.61 Å². The van der Waals surface area contributed by atoms with Crippen molar-refractivity contribution in [3.8, 4) is 0 Å². The topological polar surface area (TPSA) is 73.2 Å². The van der Waals surface area contributed by atoms with Gasteiger partial charge in [0.15, 0.2) is 0 Å². The van der Waals surface area contributed by atoms with Crippen LogP contribution in [-0.4, -0.2) is 28.3 Å². The van der Waals surface area contributed by atoms with Gasteiger partial charge in [-0.2, -0.15) is 5.10 Å². The van der Waals surface area contributed by atoms with E-state index < -0.39 is 5.97 Å². The first-order valence-electron chi connectivity index (χ1n) is 5.19. The standard InChI is InChI=1S/C11H15N3O3/c1-4-17-10(15)7-8(2)13-11(16)9-5-6-12-14(9)3/h5-7H,4H2,1-3H3,(H,13,16)/b8-7+. The predicted octanol–water partition coefficient (Wildman–Crippen LogP) is 0.617. The molecule has 1 rings (SSSR count). The average molecular weight is 237 g/mol. The summed E-state index contributed by atoms with van der Waals surface area (Å²) in [6.07, 6.45) is 2.76. The fraction of sp³-hybridized carbons (Fsp3) is 0.364. The maximum Gasteiger partial charge on any atom is 0.332 e. The summed E-state index contributed by atoms with van der Waals surface area (Å²) >= 11 is 0. The molecule has 0 aliphatic rings. The molecule has 0 saturated heterocycles. The van der Waals surface area contributed by atoms with Crippen LogP contribution in [0.1, 0.15) is 24.3 Å². The van der Waals surface area contributed by atoms with Gasteiger partial charge in [-0.3, -0.25) is 9.48 Å². The van der Waals surface area contributed by atoms with Gasteiger partial charge in [-0.1, -0.05) is 0 Å². The number of carbonyl (C=O) groups is 2. The first-order chi connectivity index (χ1) is 8.04. The highest BCUT2D eigenvalue weighted by Gasteiger charge is 2.10. The van der Waals surface area contributed by atoms with Crippen molar-refractivity contribution in [1.29, 1.82) is 0 Å².